The molecule has 2 saturated carbocycles. The van der Waals surface area contributed by atoms with Crippen LogP contribution in [0.3, 0.4) is 0 Å². The average molecular weight is 534 g/mol. The second-order valence-electron chi connectivity index (χ2n) is 13.0. The van der Waals surface area contributed by atoms with Crippen molar-refractivity contribution in [3.63, 3.8) is 0 Å². The van der Waals surface area contributed by atoms with Crippen LogP contribution in [0.15, 0.2) is 36.4 Å². The Labute approximate surface area is 232 Å². The molecule has 10 atom stereocenters. The molecule has 2 N–H and O–H groups in total. The van der Waals surface area contributed by atoms with Gasteiger partial charge in [0, 0.05) is 17.8 Å². The average Bonchev–Trinajstić information content (AvgIpc) is 3.54. The first kappa shape index (κ1) is 26.5. The van der Waals surface area contributed by atoms with E-state index in [0.717, 1.165) is 44.1 Å². The lowest BCUT2D eigenvalue weighted by molar-refractivity contribution is -0.146. The van der Waals surface area contributed by atoms with Crippen molar-refractivity contribution in [1.82, 2.24) is 10.2 Å². The lowest BCUT2D eigenvalue weighted by atomic mass is 9.74. The van der Waals surface area contributed by atoms with E-state index >= 15 is 0 Å². The van der Waals surface area contributed by atoms with Gasteiger partial charge in [0.05, 0.1) is 17.9 Å². The van der Waals surface area contributed by atoms with E-state index in [-0.39, 0.29) is 35.7 Å². The van der Waals surface area contributed by atoms with Gasteiger partial charge < -0.3 is 20.3 Å². The molecule has 7 heteroatoms. The Morgan fingerprint density at radius 2 is 1.77 bits per heavy atom. The summed E-state index contributed by atoms with van der Waals surface area (Å²) in [6, 6.07) is 6.97. The molecule has 2 bridgehead atoms. The van der Waals surface area contributed by atoms with Crippen molar-refractivity contribution in [2.75, 3.05) is 5.32 Å². The molecule has 0 aromatic heterocycles. The van der Waals surface area contributed by atoms with Gasteiger partial charge in [0.2, 0.25) is 17.7 Å². The van der Waals surface area contributed by atoms with Gasteiger partial charge in [-0.1, -0.05) is 70.7 Å². The lowest BCUT2D eigenvalue weighted by Crippen LogP contribution is -2.60. The van der Waals surface area contributed by atoms with Gasteiger partial charge in [-0.05, 0) is 61.6 Å². The molecule has 2 aliphatic carbocycles. The number of rotatable bonds is 5. The van der Waals surface area contributed by atoms with Crippen LogP contribution >= 0.6 is 0 Å². The van der Waals surface area contributed by atoms with Crippen LogP contribution in [0.1, 0.15) is 71.3 Å². The number of hydrogen-bond acceptors (Lipinski definition) is 4. The van der Waals surface area contributed by atoms with Crippen LogP contribution in [0.2, 0.25) is 0 Å². The van der Waals surface area contributed by atoms with Crippen LogP contribution in [0.4, 0.5) is 5.69 Å². The molecule has 1 aromatic carbocycles. The second kappa shape index (κ2) is 10.1. The fourth-order valence-electron chi connectivity index (χ4n) is 8.25. The van der Waals surface area contributed by atoms with Crippen molar-refractivity contribution in [1.29, 1.82) is 0 Å². The Hall–Kier alpha value is -2.67. The predicted octanol–water partition coefficient (Wildman–Crippen LogP) is 4.60. The summed E-state index contributed by atoms with van der Waals surface area (Å²) >= 11 is 0. The van der Waals surface area contributed by atoms with Crippen LogP contribution in [0.25, 0.3) is 0 Å². The first-order valence-corrected chi connectivity index (χ1v) is 15.1. The van der Waals surface area contributed by atoms with E-state index in [9.17, 15) is 14.4 Å². The smallest absolute Gasteiger partial charge is 0.246 e. The SMILES string of the molecule is Cc1cccc(NC(=O)[C@H]2[C@H]3C=C[C@@]4(O3)[C@H]2C(=O)N([C@@H]2CCC[C@H](C)[C@@H]2C)[C@@H]4C(=O)N[C@@H]2CCCC[C@@H]2C)c1. The Balaban J connectivity index is 1.35. The third-order valence-electron chi connectivity index (χ3n) is 10.6. The molecule has 5 aliphatic rings. The summed E-state index contributed by atoms with van der Waals surface area (Å²) in [6.45, 7) is 8.64. The standard InChI is InChI=1S/C32H43N3O4/c1-18-9-7-12-22(17-18)33-29(36)26-25-15-16-32(39-25)27(26)31(38)35(24-14-8-11-19(2)21(24)4)28(32)30(37)34-23-13-6-5-10-20(23)3/h7,9,12,15-17,19-21,23-28H,5-6,8,10-11,13-14H2,1-4H3,(H,33,36)(H,34,37)/t19-,20-,21-,23+,24+,25+,26-,27+,28+,32+/m0/s1. The van der Waals surface area contributed by atoms with Gasteiger partial charge in [-0.3, -0.25) is 14.4 Å². The normalized spacial score (nSPS) is 41.0. The molecule has 0 radical (unpaired) electrons. The molecular weight excluding hydrogens is 490 g/mol. The lowest BCUT2D eigenvalue weighted by Gasteiger charge is -2.44. The quantitative estimate of drug-likeness (QED) is 0.542. The van der Waals surface area contributed by atoms with Gasteiger partial charge in [-0.15, -0.1) is 0 Å². The number of fused-ring (bicyclic) bond motifs is 1. The van der Waals surface area contributed by atoms with Crippen molar-refractivity contribution in [3.8, 4) is 0 Å². The second-order valence-corrected chi connectivity index (χ2v) is 13.0. The summed E-state index contributed by atoms with van der Waals surface area (Å²) in [5, 5.41) is 6.40. The van der Waals surface area contributed by atoms with Crippen LogP contribution in [-0.4, -0.2) is 52.5 Å². The number of nitrogens with one attached hydrogen (secondary N) is 2. The number of likely N-dealkylation sites (tertiary alicyclic amines) is 1. The molecule has 2 saturated heterocycles. The minimum atomic E-state index is -1.11. The summed E-state index contributed by atoms with van der Waals surface area (Å²) in [5.41, 5.74) is 0.641. The van der Waals surface area contributed by atoms with Gasteiger partial charge in [-0.2, -0.15) is 0 Å². The van der Waals surface area contributed by atoms with Gasteiger partial charge in [0.25, 0.3) is 0 Å². The fourth-order valence-corrected chi connectivity index (χ4v) is 8.25. The zero-order valence-electron chi connectivity index (χ0n) is 23.7. The number of ether oxygens (including phenoxy) is 1. The van der Waals surface area contributed by atoms with E-state index in [1.54, 1.807) is 0 Å². The van der Waals surface area contributed by atoms with Crippen molar-refractivity contribution in [2.45, 2.75) is 102 Å². The van der Waals surface area contributed by atoms with E-state index in [2.05, 4.69) is 31.4 Å². The van der Waals surface area contributed by atoms with Gasteiger partial charge in [-0.25, -0.2) is 0 Å². The number of hydrogen-bond donors (Lipinski definition) is 2. The highest BCUT2D eigenvalue weighted by Gasteiger charge is 2.73. The molecule has 0 unspecified atom stereocenters. The number of nitrogens with zero attached hydrogens (tertiary/aromatic N) is 1. The van der Waals surface area contributed by atoms with Crippen molar-refractivity contribution >= 4 is 23.4 Å². The van der Waals surface area contributed by atoms with Crippen molar-refractivity contribution in [2.24, 2.45) is 29.6 Å². The van der Waals surface area contributed by atoms with Gasteiger partial charge in [0.1, 0.15) is 11.6 Å². The third-order valence-corrected chi connectivity index (χ3v) is 10.6. The maximum Gasteiger partial charge on any atom is 0.246 e. The monoisotopic (exact) mass is 533 g/mol. The van der Waals surface area contributed by atoms with Crippen LogP contribution < -0.4 is 10.6 Å². The summed E-state index contributed by atoms with van der Waals surface area (Å²) in [7, 11) is 0. The third kappa shape index (κ3) is 4.32. The Morgan fingerprint density at radius 3 is 2.54 bits per heavy atom. The number of aryl methyl sites for hydroxylation is 1. The Morgan fingerprint density at radius 1 is 1.00 bits per heavy atom. The number of benzene rings is 1. The number of carbonyl (C=O) groups is 3. The molecule has 3 heterocycles. The fraction of sp³-hybridized carbons (Fsp3) is 0.656. The molecule has 4 fully saturated rings. The highest BCUT2D eigenvalue weighted by atomic mass is 16.5. The van der Waals surface area contributed by atoms with Crippen LogP contribution in [0.5, 0.6) is 0 Å². The first-order valence-electron chi connectivity index (χ1n) is 15.1. The summed E-state index contributed by atoms with van der Waals surface area (Å²) in [4.78, 5) is 44.3. The van der Waals surface area contributed by atoms with Crippen molar-refractivity contribution in [3.05, 3.63) is 42.0 Å². The Kier molecular flexibility index (Phi) is 6.85. The number of anilines is 1. The summed E-state index contributed by atoms with van der Waals surface area (Å²) in [6.07, 6.45) is 10.7. The minimum absolute atomic E-state index is 0.0442. The summed E-state index contributed by atoms with van der Waals surface area (Å²) in [5.74, 6) is -0.697. The zero-order chi connectivity index (χ0) is 27.5. The molecular formula is C32H43N3O4. The summed E-state index contributed by atoms with van der Waals surface area (Å²) < 4.78 is 6.59. The molecule has 6 rings (SSSR count). The maximum absolute atomic E-state index is 14.5. The number of amides is 3. The Bertz CT molecular complexity index is 1180. The highest BCUT2D eigenvalue weighted by Crippen LogP contribution is 2.57. The molecule has 1 spiro atoms. The molecule has 210 valence electrons. The van der Waals surface area contributed by atoms with E-state index in [1.165, 1.54) is 6.42 Å². The van der Waals surface area contributed by atoms with E-state index < -0.39 is 29.6 Å². The predicted molar refractivity (Wildman–Crippen MR) is 150 cm³/mol. The highest BCUT2D eigenvalue weighted by molar-refractivity contribution is 6.03. The van der Waals surface area contributed by atoms with Gasteiger partial charge >= 0.3 is 0 Å². The topological polar surface area (TPSA) is 87.7 Å². The largest absolute Gasteiger partial charge is 0.359 e. The molecule has 7 nitrogen and oxygen atoms in total. The van der Waals surface area contributed by atoms with E-state index in [1.807, 2.05) is 48.2 Å². The van der Waals surface area contributed by atoms with E-state index in [0.29, 0.717) is 17.5 Å². The van der Waals surface area contributed by atoms with Gasteiger partial charge in [0.15, 0.2) is 0 Å². The maximum atomic E-state index is 14.5. The van der Waals surface area contributed by atoms with Crippen molar-refractivity contribution < 1.29 is 19.1 Å². The van der Waals surface area contributed by atoms with Crippen LogP contribution in [0, 0.1) is 36.5 Å². The molecule has 1 aromatic rings. The first-order chi connectivity index (χ1) is 18.7. The minimum Gasteiger partial charge on any atom is -0.359 e. The molecule has 39 heavy (non-hydrogen) atoms. The molecule has 3 amide bonds. The van der Waals surface area contributed by atoms with Crippen LogP contribution in [-0.2, 0) is 19.1 Å². The van der Waals surface area contributed by atoms with E-state index in [4.69, 9.17) is 4.74 Å². The molecule has 3 aliphatic heterocycles. The number of carbonyl (C=O) groups excluding carboxylic acids is 3. The zero-order valence-corrected chi connectivity index (χ0v) is 23.7.